The summed E-state index contributed by atoms with van der Waals surface area (Å²) in [5.41, 5.74) is 1.99. The van der Waals surface area contributed by atoms with E-state index in [1.807, 2.05) is 19.1 Å². The number of hydrogen-bond donors (Lipinski definition) is 1. The molecule has 0 saturated carbocycles. The lowest BCUT2D eigenvalue weighted by Crippen LogP contribution is -2.51. The first-order valence-electron chi connectivity index (χ1n) is 5.68. The van der Waals surface area contributed by atoms with Crippen LogP contribution in [0.25, 0.3) is 0 Å². The smallest absolute Gasteiger partial charge is 0.242 e. The minimum atomic E-state index is -0.112. The fourth-order valence-corrected chi connectivity index (χ4v) is 1.86. The Morgan fingerprint density at radius 2 is 2.29 bits per heavy atom. The zero-order valence-corrected chi connectivity index (χ0v) is 9.77. The third-order valence-electron chi connectivity index (χ3n) is 2.83. The number of hydrogen-bond acceptors (Lipinski definition) is 3. The molecule has 5 heteroatoms. The minimum absolute atomic E-state index is 0.0580. The Morgan fingerprint density at radius 1 is 1.47 bits per heavy atom. The molecule has 0 bridgehead atoms. The highest BCUT2D eigenvalue weighted by Gasteiger charge is 2.23. The Bertz CT molecular complexity index is 445. The highest BCUT2D eigenvalue weighted by atomic mass is 16.2. The second-order valence-electron chi connectivity index (χ2n) is 3.99. The van der Waals surface area contributed by atoms with Crippen LogP contribution < -0.4 is 5.32 Å². The van der Waals surface area contributed by atoms with Crippen molar-refractivity contribution < 1.29 is 9.59 Å². The van der Waals surface area contributed by atoms with Crippen LogP contribution in [0.5, 0.6) is 0 Å². The molecule has 2 heterocycles. The Balaban J connectivity index is 2.14. The summed E-state index contributed by atoms with van der Waals surface area (Å²) in [5.74, 6) is -0.170. The summed E-state index contributed by atoms with van der Waals surface area (Å²) >= 11 is 0. The number of amides is 2. The van der Waals surface area contributed by atoms with E-state index in [2.05, 4.69) is 10.3 Å². The Hall–Kier alpha value is -1.91. The van der Waals surface area contributed by atoms with Crippen molar-refractivity contribution in [2.45, 2.75) is 19.9 Å². The Morgan fingerprint density at radius 3 is 3.06 bits per heavy atom. The van der Waals surface area contributed by atoms with E-state index in [0.717, 1.165) is 17.7 Å². The first-order chi connectivity index (χ1) is 8.20. The molecular formula is C12H15N3O2. The van der Waals surface area contributed by atoms with Gasteiger partial charge in [-0.15, -0.1) is 0 Å². The van der Waals surface area contributed by atoms with Gasteiger partial charge < -0.3 is 10.2 Å². The number of carbonyl (C=O) groups is 2. The van der Waals surface area contributed by atoms with Crippen LogP contribution in [0.1, 0.15) is 18.2 Å². The quantitative estimate of drug-likeness (QED) is 0.805. The molecule has 17 heavy (non-hydrogen) atoms. The van der Waals surface area contributed by atoms with Gasteiger partial charge in [-0.1, -0.05) is 13.0 Å². The summed E-state index contributed by atoms with van der Waals surface area (Å²) in [4.78, 5) is 28.7. The van der Waals surface area contributed by atoms with Crippen molar-refractivity contribution in [3.8, 4) is 0 Å². The molecule has 1 aromatic heterocycles. The third-order valence-corrected chi connectivity index (χ3v) is 2.83. The number of aryl methyl sites for hydroxylation is 1. The second-order valence-corrected chi connectivity index (χ2v) is 3.99. The fraction of sp³-hybridized carbons (Fsp3) is 0.417. The van der Waals surface area contributed by atoms with Crippen molar-refractivity contribution >= 4 is 11.8 Å². The van der Waals surface area contributed by atoms with Gasteiger partial charge in [0.1, 0.15) is 0 Å². The molecule has 0 aliphatic carbocycles. The summed E-state index contributed by atoms with van der Waals surface area (Å²) < 4.78 is 0. The molecular weight excluding hydrogens is 218 g/mol. The third kappa shape index (κ3) is 2.61. The average molecular weight is 233 g/mol. The fourth-order valence-electron chi connectivity index (χ4n) is 1.86. The molecule has 2 rings (SSSR count). The van der Waals surface area contributed by atoms with Crippen LogP contribution in [0, 0.1) is 0 Å². The van der Waals surface area contributed by atoms with E-state index in [1.165, 1.54) is 0 Å². The van der Waals surface area contributed by atoms with Gasteiger partial charge in [-0.05, 0) is 18.1 Å². The van der Waals surface area contributed by atoms with Gasteiger partial charge in [0, 0.05) is 6.20 Å². The lowest BCUT2D eigenvalue weighted by molar-refractivity contribution is -0.141. The second kappa shape index (κ2) is 4.95. The van der Waals surface area contributed by atoms with Crippen LogP contribution in [-0.2, 0) is 22.6 Å². The van der Waals surface area contributed by atoms with E-state index in [0.29, 0.717) is 6.54 Å². The predicted octanol–water partition coefficient (Wildman–Crippen LogP) is 0.102. The lowest BCUT2D eigenvalue weighted by Gasteiger charge is -2.26. The van der Waals surface area contributed by atoms with E-state index in [-0.39, 0.29) is 24.9 Å². The van der Waals surface area contributed by atoms with Crippen LogP contribution in [0.3, 0.4) is 0 Å². The maximum Gasteiger partial charge on any atom is 0.242 e. The van der Waals surface area contributed by atoms with Gasteiger partial charge in [0.2, 0.25) is 11.8 Å². The summed E-state index contributed by atoms with van der Waals surface area (Å²) in [6.07, 6.45) is 2.58. The van der Waals surface area contributed by atoms with Crippen molar-refractivity contribution in [2.24, 2.45) is 0 Å². The largest absolute Gasteiger partial charge is 0.345 e. The lowest BCUT2D eigenvalue weighted by atomic mass is 10.1. The SMILES string of the molecule is CCc1cccnc1CN1CC(=O)NCC1=O. The van der Waals surface area contributed by atoms with Gasteiger partial charge in [-0.3, -0.25) is 14.6 Å². The molecule has 90 valence electrons. The van der Waals surface area contributed by atoms with Gasteiger partial charge >= 0.3 is 0 Å². The Labute approximate surface area is 99.8 Å². The number of nitrogens with zero attached hydrogens (tertiary/aromatic N) is 2. The van der Waals surface area contributed by atoms with Crippen LogP contribution in [0.2, 0.25) is 0 Å². The number of nitrogens with one attached hydrogen (secondary N) is 1. The summed E-state index contributed by atoms with van der Waals surface area (Å²) in [6.45, 7) is 2.67. The van der Waals surface area contributed by atoms with Gasteiger partial charge in [-0.2, -0.15) is 0 Å². The number of rotatable bonds is 3. The monoisotopic (exact) mass is 233 g/mol. The normalized spacial score (nSPS) is 15.9. The molecule has 0 aromatic carbocycles. The molecule has 1 aliphatic rings. The summed E-state index contributed by atoms with van der Waals surface area (Å²) in [6, 6.07) is 3.88. The van der Waals surface area contributed by atoms with Gasteiger partial charge in [0.05, 0.1) is 25.3 Å². The van der Waals surface area contributed by atoms with Gasteiger partial charge in [0.25, 0.3) is 0 Å². The molecule has 1 aromatic rings. The maximum absolute atomic E-state index is 11.6. The van der Waals surface area contributed by atoms with E-state index in [1.54, 1.807) is 11.1 Å². The van der Waals surface area contributed by atoms with Gasteiger partial charge in [0.15, 0.2) is 0 Å². The topological polar surface area (TPSA) is 62.3 Å². The van der Waals surface area contributed by atoms with Crippen LogP contribution in [-0.4, -0.2) is 34.8 Å². The van der Waals surface area contributed by atoms with Crippen molar-refractivity contribution in [2.75, 3.05) is 13.1 Å². The Kier molecular flexibility index (Phi) is 3.37. The van der Waals surface area contributed by atoms with Crippen molar-refractivity contribution in [3.05, 3.63) is 29.6 Å². The number of carbonyl (C=O) groups excluding carboxylic acids is 2. The van der Waals surface area contributed by atoms with E-state index < -0.39 is 0 Å². The molecule has 5 nitrogen and oxygen atoms in total. The van der Waals surface area contributed by atoms with Crippen LogP contribution >= 0.6 is 0 Å². The summed E-state index contributed by atoms with van der Waals surface area (Å²) in [7, 11) is 0. The van der Waals surface area contributed by atoms with Crippen molar-refractivity contribution in [1.29, 1.82) is 0 Å². The molecule has 0 unspecified atom stereocenters. The average Bonchev–Trinajstić information content (AvgIpc) is 2.34. The van der Waals surface area contributed by atoms with Gasteiger partial charge in [-0.25, -0.2) is 0 Å². The van der Waals surface area contributed by atoms with Crippen LogP contribution in [0.15, 0.2) is 18.3 Å². The molecule has 1 N–H and O–H groups in total. The molecule has 0 radical (unpaired) electrons. The minimum Gasteiger partial charge on any atom is -0.345 e. The van der Waals surface area contributed by atoms with E-state index in [4.69, 9.17) is 0 Å². The van der Waals surface area contributed by atoms with Crippen LogP contribution in [0.4, 0.5) is 0 Å². The summed E-state index contributed by atoms with van der Waals surface area (Å²) in [5, 5.41) is 2.53. The molecule has 0 atom stereocenters. The van der Waals surface area contributed by atoms with Crippen molar-refractivity contribution in [3.63, 3.8) is 0 Å². The van der Waals surface area contributed by atoms with Crippen molar-refractivity contribution in [1.82, 2.24) is 15.2 Å². The van der Waals surface area contributed by atoms with E-state index in [9.17, 15) is 9.59 Å². The number of aromatic nitrogens is 1. The molecule has 0 spiro atoms. The standard InChI is InChI=1S/C12H15N3O2/c1-2-9-4-3-5-13-10(9)7-15-8-11(16)14-6-12(15)17/h3-5H,2,6-8H2,1H3,(H,14,16). The zero-order chi connectivity index (χ0) is 12.3. The van der Waals surface area contributed by atoms with E-state index >= 15 is 0 Å². The molecule has 1 fully saturated rings. The molecule has 2 amide bonds. The maximum atomic E-state index is 11.6. The number of piperazine rings is 1. The highest BCUT2D eigenvalue weighted by Crippen LogP contribution is 2.10. The number of pyridine rings is 1. The zero-order valence-electron chi connectivity index (χ0n) is 9.77. The predicted molar refractivity (Wildman–Crippen MR) is 62.0 cm³/mol. The first kappa shape index (κ1) is 11.6. The highest BCUT2D eigenvalue weighted by molar-refractivity contribution is 5.92. The first-order valence-corrected chi connectivity index (χ1v) is 5.68. The molecule has 1 aliphatic heterocycles. The molecule has 1 saturated heterocycles.